The molecule has 9 aromatic carbocycles. The average molecular weight is 1990 g/mol. The van der Waals surface area contributed by atoms with Crippen LogP contribution in [0.15, 0.2) is 248 Å². The Morgan fingerprint density at radius 2 is 0.738 bits per heavy atom. The smallest absolute Gasteiger partial charge is 0.339 e. The Morgan fingerprint density at radius 3 is 1.05 bits per heavy atom. The van der Waals surface area contributed by atoms with Crippen LogP contribution in [0.1, 0.15) is 360 Å². The first kappa shape index (κ1) is 126. The van der Waals surface area contributed by atoms with Crippen molar-refractivity contribution in [1.29, 1.82) is 0 Å². The molecule has 11 N–H and O–H groups in total. The third kappa shape index (κ3) is 49.0. The summed E-state index contributed by atoms with van der Waals surface area (Å²) in [6.45, 7) is 47.2. The van der Waals surface area contributed by atoms with Gasteiger partial charge in [-0.3, -0.25) is 33.3 Å². The molecule has 9 aromatic rings. The number of halogens is 1. The Balaban J connectivity index is 0.000000534. The molecule has 25 nitrogen and oxygen atoms in total. The summed E-state index contributed by atoms with van der Waals surface area (Å²) in [5, 5.41) is 50.4. The normalized spacial score (nSPS) is 15.0. The summed E-state index contributed by atoms with van der Waals surface area (Å²) in [4.78, 5) is 99.1. The van der Waals surface area contributed by atoms with Crippen molar-refractivity contribution in [3.8, 4) is 0 Å². The predicted octanol–water partition coefficient (Wildman–Crippen LogP) is 22.3. The maximum atomic E-state index is 12.9. The number of ether oxygens (including phenoxy) is 3. The Hall–Kier alpha value is -11.0. The molecular formula is C114H161ClN6O19S. The number of benzene rings is 9. The van der Waals surface area contributed by atoms with Crippen molar-refractivity contribution in [2.45, 2.75) is 345 Å². The van der Waals surface area contributed by atoms with Crippen LogP contribution in [0, 0.1) is 6.92 Å². The van der Waals surface area contributed by atoms with Crippen molar-refractivity contribution in [3.63, 3.8) is 0 Å². The first-order valence-corrected chi connectivity index (χ1v) is 50.7. The van der Waals surface area contributed by atoms with Crippen LogP contribution < -0.4 is 16.8 Å². The van der Waals surface area contributed by atoms with E-state index in [4.69, 9.17) is 41.8 Å². The molecule has 3 aliphatic heterocycles. The number of esters is 3. The lowest BCUT2D eigenvalue weighted by molar-refractivity contribution is -0.140. The third-order valence-corrected chi connectivity index (χ3v) is 22.8. The van der Waals surface area contributed by atoms with E-state index >= 15 is 0 Å². The van der Waals surface area contributed by atoms with Crippen LogP contribution in [-0.2, 0) is 29.1 Å². The zero-order chi connectivity index (χ0) is 107. The van der Waals surface area contributed by atoms with Gasteiger partial charge in [-0.1, -0.05) is 227 Å². The van der Waals surface area contributed by atoms with E-state index in [0.29, 0.717) is 102 Å². The molecule has 1 fully saturated rings. The highest BCUT2D eigenvalue weighted by molar-refractivity contribution is 7.85. The van der Waals surface area contributed by atoms with Crippen LogP contribution in [-0.4, -0.2) is 179 Å². The van der Waals surface area contributed by atoms with Crippen molar-refractivity contribution in [1.82, 2.24) is 20.0 Å². The molecule has 0 aromatic heterocycles. The van der Waals surface area contributed by atoms with Gasteiger partial charge in [-0.25, -0.2) is 9.59 Å². The summed E-state index contributed by atoms with van der Waals surface area (Å²) in [5.74, 6) is -0.713. The summed E-state index contributed by atoms with van der Waals surface area (Å²) >= 11 is 5.16. The van der Waals surface area contributed by atoms with E-state index in [2.05, 4.69) is 33.0 Å². The molecule has 0 spiro atoms. The Bertz CT molecular complexity index is 5090. The number of nitrogens with zero attached hydrogens (tertiary/aromatic N) is 3. The number of cyclic esters (lactones) is 3. The standard InChI is InChI=1S/C18H29NO3.C18H27NO3.C13H19NO.2C12H14O3.2C8H11N.C7H5ClO.C7H8O3S.C6H15N.C5H8O2/c2*1-12(2)19(13(3)4)18(22)16-9-7-6-8-15(16)17(21)11-10-14(5)20;1-10(2)14(11(3)4)13(15)12-8-6-5-7-9-12;2*1-8(13)6-7-11-9-4-2-3-5-10(9)12(14)15-11;2*1-7(9)8-5-3-2-4-6-8;8-7(9)6-4-2-1-3-5-6;1-6-2-4-7(5-3-6)11(8,9)10;1-5(2)7-6(3)4;1-4-2-3-5(6)7-4/h6-9,12-14,17,20-21H,10-11H2,1-5H3;6-9,12-14,20H,10-11H2,1-5H3;5-11H,1-4H3;2*2-5,8,11,13H,6-7H2,1H3;2*2-7H,9H2,1H3;1-5H;2-5H,1H3,(H,8,9,10);5-7H,1-4H3;4H,2-3H2,1H3/t;;;8?,11-;;2*7-;;;;/m...1.10..../s1. The van der Waals surface area contributed by atoms with E-state index in [1.165, 1.54) is 23.3 Å². The second-order valence-corrected chi connectivity index (χ2v) is 39.2. The molecule has 3 amide bonds. The number of carbonyl (C=O) groups is 8. The number of nitrogens with one attached hydrogen (secondary N) is 1. The maximum Gasteiger partial charge on any atom is 0.339 e. The van der Waals surface area contributed by atoms with E-state index in [1.807, 2.05) is 266 Å². The van der Waals surface area contributed by atoms with Crippen LogP contribution in [0.25, 0.3) is 0 Å². The lowest BCUT2D eigenvalue weighted by Gasteiger charge is -2.32. The second-order valence-electron chi connectivity index (χ2n) is 37.4. The monoisotopic (exact) mass is 1990 g/mol. The van der Waals surface area contributed by atoms with Gasteiger partial charge in [0.05, 0.1) is 58.2 Å². The number of fused-ring (bicyclic) bond motifs is 2. The Labute approximate surface area is 845 Å². The molecule has 141 heavy (non-hydrogen) atoms. The van der Waals surface area contributed by atoms with Gasteiger partial charge in [-0.05, 0) is 267 Å². The number of carbonyl (C=O) groups excluding carboxylic acids is 8. The van der Waals surface area contributed by atoms with Crippen LogP contribution in [0.3, 0.4) is 0 Å². The lowest BCUT2D eigenvalue weighted by Crippen LogP contribution is -2.42. The van der Waals surface area contributed by atoms with Gasteiger partial charge in [0.15, 0.2) is 5.78 Å². The first-order chi connectivity index (χ1) is 66.2. The summed E-state index contributed by atoms with van der Waals surface area (Å²) in [6.07, 6.45) is 3.15. The van der Waals surface area contributed by atoms with Gasteiger partial charge in [0.2, 0.25) is 0 Å². The van der Waals surface area contributed by atoms with E-state index in [1.54, 1.807) is 118 Å². The second kappa shape index (κ2) is 66.7. The number of aliphatic hydroxyl groups excluding tert-OH is 5. The van der Waals surface area contributed by atoms with Crippen molar-refractivity contribution in [2.75, 3.05) is 0 Å². The molecule has 27 heteroatoms. The number of Topliss-reactive ketones (excluding diaryl/α,β-unsaturated/α-hetero) is 1. The summed E-state index contributed by atoms with van der Waals surface area (Å²) in [5.41, 5.74) is 21.2. The minimum absolute atomic E-state index is 0.0486. The van der Waals surface area contributed by atoms with E-state index in [0.717, 1.165) is 28.7 Å². The summed E-state index contributed by atoms with van der Waals surface area (Å²) in [6, 6.07) is 75.6. The zero-order valence-corrected chi connectivity index (χ0v) is 88.9. The van der Waals surface area contributed by atoms with Gasteiger partial charge in [0, 0.05) is 107 Å². The molecule has 0 radical (unpaired) electrons. The van der Waals surface area contributed by atoms with E-state index in [9.17, 15) is 72.3 Å². The molecule has 7 unspecified atom stereocenters. The molecule has 0 aliphatic carbocycles. The average Bonchev–Trinajstić information content (AvgIpc) is 1.79. The quantitative estimate of drug-likeness (QED) is 0.00691. The van der Waals surface area contributed by atoms with Gasteiger partial charge >= 0.3 is 17.9 Å². The molecule has 0 saturated carbocycles. The topological polar surface area (TPSA) is 394 Å². The van der Waals surface area contributed by atoms with Crippen LogP contribution in [0.2, 0.25) is 0 Å². The lowest BCUT2D eigenvalue weighted by atomic mass is 9.96. The minimum atomic E-state index is -4.02. The number of aryl methyl sites for hydroxylation is 1. The molecule has 0 bridgehead atoms. The maximum absolute atomic E-state index is 12.9. The summed E-state index contributed by atoms with van der Waals surface area (Å²) in [7, 11) is -4.02. The summed E-state index contributed by atoms with van der Waals surface area (Å²) < 4.78 is 44.7. The van der Waals surface area contributed by atoms with Crippen molar-refractivity contribution < 1.29 is 91.1 Å². The first-order valence-electron chi connectivity index (χ1n) is 48.8. The van der Waals surface area contributed by atoms with Gasteiger partial charge in [0.25, 0.3) is 33.1 Å². The molecule has 1 saturated heterocycles. The largest absolute Gasteiger partial charge is 0.463 e. The Kier molecular flexibility index (Phi) is 59.7. The van der Waals surface area contributed by atoms with Crippen molar-refractivity contribution in [2.24, 2.45) is 11.5 Å². The third-order valence-electron chi connectivity index (χ3n) is 21.7. The molecule has 10 atom stereocenters. The van der Waals surface area contributed by atoms with Crippen molar-refractivity contribution >= 4 is 68.4 Å². The van der Waals surface area contributed by atoms with Gasteiger partial charge in [0.1, 0.15) is 12.2 Å². The fraction of sp³-hybridized carbons (Fsp3) is 0.456. The fourth-order valence-electron chi connectivity index (χ4n) is 14.9. The fourth-order valence-corrected chi connectivity index (χ4v) is 15.5. The molecule has 3 aliphatic rings. The van der Waals surface area contributed by atoms with Crippen LogP contribution in [0.5, 0.6) is 0 Å². The SMILES string of the molecule is CC(C)N(C(=O)c1ccccc1)C(C)C.CC(C)NC(C)C.CC(O)CCC(=O)c1ccccc1C(=O)N(C(C)C)C(C)C.CC(O)CCC(O)c1ccccc1C(=O)N(C(C)C)C(C)C.CC(O)CCC1OC(=O)c2ccccc21.CC(O)CC[C@H]1OC(=O)c2ccccc21.CC1CCC(=O)O1.C[C@@H](N)c1ccccc1.C[C@H](N)c1ccccc1.Cc1ccc(S(=O)(=O)O)cc1.O=C(Cl)c1ccccc1. The molecule has 3 heterocycles. The number of ketones is 1. The highest BCUT2D eigenvalue weighted by Gasteiger charge is 2.33. The molecule has 774 valence electrons. The number of hydrogen-bond acceptors (Lipinski definition) is 21. The zero-order valence-electron chi connectivity index (χ0n) is 87.3. The Morgan fingerprint density at radius 1 is 0.404 bits per heavy atom. The molecule has 12 rings (SSSR count). The predicted molar refractivity (Wildman–Crippen MR) is 565 cm³/mol. The van der Waals surface area contributed by atoms with Gasteiger partial charge < -0.3 is 71.2 Å². The van der Waals surface area contributed by atoms with Gasteiger partial charge in [-0.2, -0.15) is 8.42 Å². The van der Waals surface area contributed by atoms with E-state index < -0.39 is 33.7 Å². The number of hydrogen-bond donors (Lipinski definition) is 9. The highest BCUT2D eigenvalue weighted by atomic mass is 35.5. The minimum Gasteiger partial charge on any atom is -0.463 e. The number of amides is 3. The number of rotatable bonds is 29. The van der Waals surface area contributed by atoms with E-state index in [-0.39, 0.29) is 132 Å². The molecular weight excluding hydrogens is 1820 g/mol. The number of aliphatic hydroxyl groups is 5. The van der Waals surface area contributed by atoms with Crippen LogP contribution >= 0.6 is 11.6 Å². The van der Waals surface area contributed by atoms with Crippen LogP contribution in [0.4, 0.5) is 0 Å². The number of nitrogens with two attached hydrogens (primary N) is 2. The van der Waals surface area contributed by atoms with Gasteiger partial charge in [-0.15, -0.1) is 0 Å². The highest BCUT2D eigenvalue weighted by Crippen LogP contribution is 2.36. The van der Waals surface area contributed by atoms with Crippen molar-refractivity contribution in [3.05, 3.63) is 315 Å².